The van der Waals surface area contributed by atoms with E-state index in [4.69, 9.17) is 9.47 Å². The fraction of sp³-hybridized carbons (Fsp3) is 0.400. The quantitative estimate of drug-likeness (QED) is 0.842. The predicted octanol–water partition coefficient (Wildman–Crippen LogP) is -0.0212. The summed E-state index contributed by atoms with van der Waals surface area (Å²) in [6.45, 7) is 0.669. The summed E-state index contributed by atoms with van der Waals surface area (Å²) in [6, 6.07) is 7.17. The minimum atomic E-state index is -0.715. The summed E-state index contributed by atoms with van der Waals surface area (Å²) in [4.78, 5) is 38.5. The zero-order valence-corrected chi connectivity index (χ0v) is 12.7. The average Bonchev–Trinajstić information content (AvgIpc) is 3.00. The van der Waals surface area contributed by atoms with Crippen LogP contribution in [0, 0.1) is 0 Å². The Bertz CT molecular complexity index is 648. The van der Waals surface area contributed by atoms with Crippen molar-refractivity contribution in [3.8, 4) is 5.75 Å². The number of para-hydroxylation sites is 2. The second-order valence-electron chi connectivity index (χ2n) is 5.23. The number of nitrogens with zero attached hydrogens (tertiary/aromatic N) is 2. The summed E-state index contributed by atoms with van der Waals surface area (Å²) in [5.41, 5.74) is 0.716. The first-order valence-corrected chi connectivity index (χ1v) is 7.29. The van der Waals surface area contributed by atoms with Gasteiger partial charge in [0.05, 0.1) is 25.3 Å². The third-order valence-corrected chi connectivity index (χ3v) is 3.79. The minimum absolute atomic E-state index is 0.0248. The van der Waals surface area contributed by atoms with Crippen LogP contribution in [0.2, 0.25) is 0 Å². The van der Waals surface area contributed by atoms with Crippen LogP contribution in [0.4, 0.5) is 10.5 Å². The van der Waals surface area contributed by atoms with E-state index in [1.165, 1.54) is 7.05 Å². The molecule has 3 rings (SSSR count). The Hall–Kier alpha value is -2.77. The van der Waals surface area contributed by atoms with Crippen LogP contribution in [-0.4, -0.2) is 62.2 Å². The zero-order chi connectivity index (χ0) is 16.4. The molecule has 23 heavy (non-hydrogen) atoms. The number of fused-ring (bicyclic) bond motifs is 1. The van der Waals surface area contributed by atoms with Crippen molar-refractivity contribution in [2.75, 3.05) is 38.2 Å². The van der Waals surface area contributed by atoms with E-state index < -0.39 is 12.2 Å². The number of carbonyl (C=O) groups excluding carboxylic acids is 3. The third kappa shape index (κ3) is 2.92. The number of benzene rings is 1. The Kier molecular flexibility index (Phi) is 4.05. The van der Waals surface area contributed by atoms with E-state index in [2.05, 4.69) is 5.32 Å². The molecular weight excluding hydrogens is 302 g/mol. The molecule has 1 aromatic rings. The van der Waals surface area contributed by atoms with Crippen molar-refractivity contribution in [3.63, 3.8) is 0 Å². The van der Waals surface area contributed by atoms with E-state index in [9.17, 15) is 14.4 Å². The Balaban J connectivity index is 1.80. The first-order valence-electron chi connectivity index (χ1n) is 7.29. The number of hydrogen-bond acceptors (Lipinski definition) is 6. The molecule has 1 aromatic carbocycles. The van der Waals surface area contributed by atoms with Crippen LogP contribution < -0.4 is 15.0 Å². The molecule has 0 unspecified atom stereocenters. The van der Waals surface area contributed by atoms with Gasteiger partial charge in [0, 0.05) is 7.05 Å². The van der Waals surface area contributed by atoms with Gasteiger partial charge in [0.15, 0.2) is 6.10 Å². The molecule has 0 radical (unpaired) electrons. The molecule has 8 heteroatoms. The van der Waals surface area contributed by atoms with Crippen LogP contribution in [0.5, 0.6) is 5.75 Å². The van der Waals surface area contributed by atoms with E-state index in [0.29, 0.717) is 11.4 Å². The standard InChI is InChI=1S/C15H17N3O5/c1-16-14(20)12-8-17(10-4-2-3-5-11(10)23-12)9-13(19)18-6-7-22-15(18)21/h2-5,12H,6-9H2,1H3,(H,16,20)/t12-/m0/s1. The second-order valence-corrected chi connectivity index (χ2v) is 5.23. The summed E-state index contributed by atoms with van der Waals surface area (Å²) in [5, 5.41) is 2.54. The third-order valence-electron chi connectivity index (χ3n) is 3.79. The van der Waals surface area contributed by atoms with E-state index in [0.717, 1.165) is 4.90 Å². The summed E-state index contributed by atoms with van der Waals surface area (Å²) in [5.74, 6) is -0.0958. The SMILES string of the molecule is CNC(=O)[C@@H]1CN(CC(=O)N2CCOC2=O)c2ccccc2O1. The molecule has 1 atom stereocenters. The Labute approximate surface area is 132 Å². The molecule has 0 aromatic heterocycles. The van der Waals surface area contributed by atoms with E-state index >= 15 is 0 Å². The molecule has 0 saturated carbocycles. The fourth-order valence-electron chi connectivity index (χ4n) is 2.62. The molecular formula is C15H17N3O5. The molecule has 2 heterocycles. The van der Waals surface area contributed by atoms with Crippen LogP contribution in [0.1, 0.15) is 0 Å². The first kappa shape index (κ1) is 15.1. The van der Waals surface area contributed by atoms with E-state index in [1.807, 2.05) is 12.1 Å². The molecule has 1 N–H and O–H groups in total. The van der Waals surface area contributed by atoms with Gasteiger partial charge in [0.25, 0.3) is 11.8 Å². The predicted molar refractivity (Wildman–Crippen MR) is 80.2 cm³/mol. The van der Waals surface area contributed by atoms with Gasteiger partial charge in [-0.2, -0.15) is 0 Å². The summed E-state index contributed by atoms with van der Waals surface area (Å²) < 4.78 is 10.5. The molecule has 3 amide bonds. The maximum Gasteiger partial charge on any atom is 0.416 e. The number of carbonyl (C=O) groups is 3. The zero-order valence-electron chi connectivity index (χ0n) is 12.7. The van der Waals surface area contributed by atoms with Crippen molar-refractivity contribution < 1.29 is 23.9 Å². The normalized spacial score (nSPS) is 19.7. The number of cyclic esters (lactones) is 1. The fourth-order valence-corrected chi connectivity index (χ4v) is 2.62. The van der Waals surface area contributed by atoms with Crippen molar-refractivity contribution in [2.45, 2.75) is 6.10 Å². The molecule has 2 aliphatic heterocycles. The number of imide groups is 1. The van der Waals surface area contributed by atoms with E-state index in [1.54, 1.807) is 17.0 Å². The lowest BCUT2D eigenvalue weighted by Gasteiger charge is -2.35. The highest BCUT2D eigenvalue weighted by atomic mass is 16.6. The largest absolute Gasteiger partial charge is 0.477 e. The van der Waals surface area contributed by atoms with Gasteiger partial charge in [-0.15, -0.1) is 0 Å². The van der Waals surface area contributed by atoms with Gasteiger partial charge >= 0.3 is 6.09 Å². The number of ether oxygens (including phenoxy) is 2. The van der Waals surface area contributed by atoms with Gasteiger partial charge in [-0.1, -0.05) is 12.1 Å². The van der Waals surface area contributed by atoms with Crippen molar-refractivity contribution >= 4 is 23.6 Å². The molecule has 1 saturated heterocycles. The van der Waals surface area contributed by atoms with Crippen LogP contribution in [0.25, 0.3) is 0 Å². The van der Waals surface area contributed by atoms with Crippen molar-refractivity contribution in [1.29, 1.82) is 0 Å². The van der Waals surface area contributed by atoms with E-state index in [-0.39, 0.29) is 38.1 Å². The number of hydrogen-bond donors (Lipinski definition) is 1. The highest BCUT2D eigenvalue weighted by molar-refractivity contribution is 5.96. The lowest BCUT2D eigenvalue weighted by atomic mass is 10.1. The van der Waals surface area contributed by atoms with Gasteiger partial charge in [-0.25, -0.2) is 9.69 Å². The number of rotatable bonds is 3. The smallest absolute Gasteiger partial charge is 0.416 e. The van der Waals surface area contributed by atoms with Crippen molar-refractivity contribution in [2.24, 2.45) is 0 Å². The molecule has 0 aliphatic carbocycles. The molecule has 122 valence electrons. The number of anilines is 1. The summed E-state index contributed by atoms with van der Waals surface area (Å²) >= 11 is 0. The van der Waals surface area contributed by atoms with Crippen LogP contribution >= 0.6 is 0 Å². The monoisotopic (exact) mass is 319 g/mol. The van der Waals surface area contributed by atoms with Gasteiger partial charge < -0.3 is 19.7 Å². The van der Waals surface area contributed by atoms with Crippen molar-refractivity contribution in [3.05, 3.63) is 24.3 Å². The van der Waals surface area contributed by atoms with Gasteiger partial charge in [0.2, 0.25) is 0 Å². The highest BCUT2D eigenvalue weighted by Gasteiger charge is 2.34. The molecule has 0 bridgehead atoms. The molecule has 2 aliphatic rings. The van der Waals surface area contributed by atoms with Crippen LogP contribution in [0.15, 0.2) is 24.3 Å². The van der Waals surface area contributed by atoms with Crippen LogP contribution in [-0.2, 0) is 14.3 Å². The number of likely N-dealkylation sites (N-methyl/N-ethyl adjacent to an activating group) is 1. The number of amides is 3. The summed E-state index contributed by atoms with van der Waals surface area (Å²) in [6.07, 6.45) is -1.34. The Morgan fingerprint density at radius 2 is 2.13 bits per heavy atom. The van der Waals surface area contributed by atoms with Crippen LogP contribution in [0.3, 0.4) is 0 Å². The minimum Gasteiger partial charge on any atom is -0.477 e. The lowest BCUT2D eigenvalue weighted by molar-refractivity contribution is -0.129. The molecule has 8 nitrogen and oxygen atoms in total. The molecule has 1 fully saturated rings. The Morgan fingerprint density at radius 3 is 2.83 bits per heavy atom. The Morgan fingerprint density at radius 1 is 1.35 bits per heavy atom. The summed E-state index contributed by atoms with van der Waals surface area (Å²) in [7, 11) is 1.53. The van der Waals surface area contributed by atoms with Gasteiger partial charge in [-0.3, -0.25) is 9.59 Å². The maximum atomic E-state index is 12.3. The lowest BCUT2D eigenvalue weighted by Crippen LogP contribution is -2.51. The van der Waals surface area contributed by atoms with Crippen molar-refractivity contribution in [1.82, 2.24) is 10.2 Å². The molecule has 0 spiro atoms. The number of nitrogens with one attached hydrogen (secondary N) is 1. The van der Waals surface area contributed by atoms with Gasteiger partial charge in [0.1, 0.15) is 12.4 Å². The maximum absolute atomic E-state index is 12.3. The van der Waals surface area contributed by atoms with Gasteiger partial charge in [-0.05, 0) is 12.1 Å². The topological polar surface area (TPSA) is 88.2 Å². The average molecular weight is 319 g/mol. The highest BCUT2D eigenvalue weighted by Crippen LogP contribution is 2.33. The second kappa shape index (κ2) is 6.15. The first-order chi connectivity index (χ1) is 11.1.